The molecule has 0 unspecified atom stereocenters. The molecule has 0 aromatic carbocycles. The van der Waals surface area contributed by atoms with Crippen molar-refractivity contribution >= 4 is 23.3 Å². The van der Waals surface area contributed by atoms with Gasteiger partial charge in [-0.1, -0.05) is 6.08 Å². The zero-order valence-electron chi connectivity index (χ0n) is 13.4. The number of allylic oxidation sites excluding steroid dienone is 2. The van der Waals surface area contributed by atoms with Crippen LogP contribution in [0.5, 0.6) is 0 Å². The molecule has 1 rings (SSSR count). The fourth-order valence-corrected chi connectivity index (χ4v) is 1.82. The fourth-order valence-electron chi connectivity index (χ4n) is 1.82. The lowest BCUT2D eigenvalue weighted by molar-refractivity contribution is -0.123. The number of carbonyl (C=O) groups is 4. The highest BCUT2D eigenvalue weighted by molar-refractivity contribution is 5.93. The lowest BCUT2D eigenvalue weighted by atomic mass is 10.1. The lowest BCUT2D eigenvalue weighted by Gasteiger charge is -2.16. The molecule has 0 atom stereocenters. The summed E-state index contributed by atoms with van der Waals surface area (Å²) in [4.78, 5) is 45.2. The first-order chi connectivity index (χ1) is 11.0. The van der Waals surface area contributed by atoms with Gasteiger partial charge in [-0.3, -0.25) is 14.4 Å². The van der Waals surface area contributed by atoms with Gasteiger partial charge in [-0.2, -0.15) is 0 Å². The van der Waals surface area contributed by atoms with E-state index in [0.29, 0.717) is 26.2 Å². The maximum absolute atomic E-state index is 11.6. The van der Waals surface area contributed by atoms with Gasteiger partial charge >= 0.3 is 0 Å². The van der Waals surface area contributed by atoms with Gasteiger partial charge < -0.3 is 14.8 Å². The second-order valence-electron chi connectivity index (χ2n) is 5.47. The van der Waals surface area contributed by atoms with E-state index in [1.165, 1.54) is 13.0 Å². The van der Waals surface area contributed by atoms with Gasteiger partial charge in [0.2, 0.25) is 5.91 Å². The molecule has 0 aromatic heterocycles. The summed E-state index contributed by atoms with van der Waals surface area (Å²) in [6, 6.07) is 0. The van der Waals surface area contributed by atoms with Crippen molar-refractivity contribution in [1.82, 2.24) is 5.32 Å². The molecule has 0 radical (unpaired) electrons. The first kappa shape index (κ1) is 19.0. The topological polar surface area (TPSA) is 89.5 Å². The first-order valence-electron chi connectivity index (χ1n) is 7.73. The normalized spacial score (nSPS) is 13.5. The molecule has 0 aromatic rings. The van der Waals surface area contributed by atoms with Crippen molar-refractivity contribution in [1.29, 1.82) is 0 Å². The van der Waals surface area contributed by atoms with Gasteiger partial charge in [-0.05, 0) is 31.1 Å². The molecule has 1 aliphatic rings. The maximum atomic E-state index is 11.6. The van der Waals surface area contributed by atoms with Crippen LogP contribution in [-0.2, 0) is 23.9 Å². The Morgan fingerprint density at radius 3 is 2.35 bits per heavy atom. The molecular weight excluding hydrogens is 298 g/mol. The van der Waals surface area contributed by atoms with Crippen LogP contribution in [0.25, 0.3) is 0 Å². The third-order valence-electron chi connectivity index (χ3n) is 3.20. The van der Waals surface area contributed by atoms with E-state index in [2.05, 4.69) is 5.32 Å². The SMILES string of the molecule is CC(=O)CCC(=O)/C=C/CCNC(=O)CCC(=O)C=C1COC1. The number of carbonyl (C=O) groups excluding carboxylic acids is 4. The van der Waals surface area contributed by atoms with Gasteiger partial charge in [0.25, 0.3) is 0 Å². The van der Waals surface area contributed by atoms with Gasteiger partial charge in [0.15, 0.2) is 11.6 Å². The van der Waals surface area contributed by atoms with Crippen molar-refractivity contribution in [2.75, 3.05) is 19.8 Å². The van der Waals surface area contributed by atoms with E-state index in [1.807, 2.05) is 0 Å². The van der Waals surface area contributed by atoms with E-state index in [9.17, 15) is 19.2 Å². The van der Waals surface area contributed by atoms with Crippen molar-refractivity contribution in [2.45, 2.75) is 39.0 Å². The third-order valence-corrected chi connectivity index (χ3v) is 3.20. The first-order valence-corrected chi connectivity index (χ1v) is 7.73. The molecule has 0 saturated carbocycles. The van der Waals surface area contributed by atoms with Crippen molar-refractivity contribution in [3.05, 3.63) is 23.8 Å². The van der Waals surface area contributed by atoms with Gasteiger partial charge in [0.05, 0.1) is 13.2 Å². The van der Waals surface area contributed by atoms with Crippen molar-refractivity contribution in [2.24, 2.45) is 0 Å². The Hall–Kier alpha value is -2.08. The molecule has 6 heteroatoms. The van der Waals surface area contributed by atoms with Crippen molar-refractivity contribution in [3.8, 4) is 0 Å². The Kier molecular flexibility index (Phi) is 8.75. The molecule has 23 heavy (non-hydrogen) atoms. The van der Waals surface area contributed by atoms with Gasteiger partial charge in [0, 0.05) is 32.2 Å². The molecule has 0 aliphatic carbocycles. The molecule has 6 nitrogen and oxygen atoms in total. The number of nitrogens with one attached hydrogen (secondary N) is 1. The highest BCUT2D eigenvalue weighted by atomic mass is 16.5. The maximum Gasteiger partial charge on any atom is 0.220 e. The van der Waals surface area contributed by atoms with Gasteiger partial charge in [-0.25, -0.2) is 0 Å². The van der Waals surface area contributed by atoms with Crippen LogP contribution in [0, 0.1) is 0 Å². The highest BCUT2D eigenvalue weighted by Gasteiger charge is 2.11. The van der Waals surface area contributed by atoms with E-state index in [-0.39, 0.29) is 48.9 Å². The Balaban J connectivity index is 2.06. The molecule has 0 spiro atoms. The van der Waals surface area contributed by atoms with Crippen molar-refractivity contribution < 1.29 is 23.9 Å². The average Bonchev–Trinajstić information content (AvgIpc) is 2.46. The van der Waals surface area contributed by atoms with E-state index >= 15 is 0 Å². The summed E-state index contributed by atoms with van der Waals surface area (Å²) in [5, 5.41) is 2.69. The number of ketones is 3. The quantitative estimate of drug-likeness (QED) is 0.457. The monoisotopic (exact) mass is 321 g/mol. The molecule has 1 saturated heterocycles. The van der Waals surface area contributed by atoms with Crippen LogP contribution >= 0.6 is 0 Å². The molecular formula is C17H23NO5. The minimum Gasteiger partial charge on any atom is -0.373 e. The van der Waals surface area contributed by atoms with Gasteiger partial charge in [0.1, 0.15) is 5.78 Å². The summed E-state index contributed by atoms with van der Waals surface area (Å²) in [5.74, 6) is -0.341. The number of rotatable bonds is 11. The molecule has 1 heterocycles. The van der Waals surface area contributed by atoms with Crippen molar-refractivity contribution in [3.63, 3.8) is 0 Å². The second kappa shape index (κ2) is 10.6. The van der Waals surface area contributed by atoms with Crippen LogP contribution in [0.1, 0.15) is 39.0 Å². The Morgan fingerprint density at radius 2 is 1.74 bits per heavy atom. The number of hydrogen-bond donors (Lipinski definition) is 1. The number of Topliss-reactive ketones (excluding diaryl/α,β-unsaturated/α-hetero) is 1. The predicted octanol–water partition coefficient (Wildman–Crippen LogP) is 1.29. The van der Waals surface area contributed by atoms with E-state index < -0.39 is 0 Å². The summed E-state index contributed by atoms with van der Waals surface area (Å²) >= 11 is 0. The molecule has 1 fully saturated rings. The zero-order valence-corrected chi connectivity index (χ0v) is 13.4. The minimum atomic E-state index is -0.182. The van der Waals surface area contributed by atoms with Crippen LogP contribution in [0.4, 0.5) is 0 Å². The summed E-state index contributed by atoms with van der Waals surface area (Å²) in [5.41, 5.74) is 0.968. The van der Waals surface area contributed by atoms with Crippen LogP contribution in [0.15, 0.2) is 23.8 Å². The molecule has 0 bridgehead atoms. The standard InChI is InChI=1S/C17H23NO5/c1-13(19)5-6-15(20)4-2-3-9-18-17(22)8-7-16(21)10-14-11-23-12-14/h2,4,10H,3,5-9,11-12H2,1H3,(H,18,22)/b4-2+. The number of hydrogen-bond acceptors (Lipinski definition) is 5. The second-order valence-corrected chi connectivity index (χ2v) is 5.47. The molecule has 126 valence electrons. The van der Waals surface area contributed by atoms with Crippen LogP contribution in [0.2, 0.25) is 0 Å². The zero-order chi connectivity index (χ0) is 17.1. The summed E-state index contributed by atoms with van der Waals surface area (Å²) in [7, 11) is 0. The Labute approximate surface area is 136 Å². The summed E-state index contributed by atoms with van der Waals surface area (Å²) in [6.45, 7) is 2.89. The molecule has 1 amide bonds. The van der Waals surface area contributed by atoms with Crippen LogP contribution in [-0.4, -0.2) is 43.0 Å². The average molecular weight is 321 g/mol. The van der Waals surface area contributed by atoms with Crippen LogP contribution < -0.4 is 5.32 Å². The summed E-state index contributed by atoms with van der Waals surface area (Å²) < 4.78 is 4.93. The minimum absolute atomic E-state index is 0.00552. The molecule has 1 aliphatic heterocycles. The van der Waals surface area contributed by atoms with E-state index in [0.717, 1.165) is 5.57 Å². The van der Waals surface area contributed by atoms with E-state index in [4.69, 9.17) is 4.74 Å². The largest absolute Gasteiger partial charge is 0.373 e. The smallest absolute Gasteiger partial charge is 0.220 e. The number of ether oxygens (including phenoxy) is 1. The lowest BCUT2D eigenvalue weighted by Crippen LogP contribution is -2.24. The fraction of sp³-hybridized carbons (Fsp3) is 0.529. The summed E-state index contributed by atoms with van der Waals surface area (Å²) in [6.07, 6.45) is 6.02. The molecule has 1 N–H and O–H groups in total. The van der Waals surface area contributed by atoms with Gasteiger partial charge in [-0.15, -0.1) is 0 Å². The Bertz CT molecular complexity index is 513. The van der Waals surface area contributed by atoms with Crippen LogP contribution in [0.3, 0.4) is 0 Å². The Morgan fingerprint density at radius 1 is 1.04 bits per heavy atom. The number of amides is 1. The predicted molar refractivity (Wildman–Crippen MR) is 84.8 cm³/mol. The highest BCUT2D eigenvalue weighted by Crippen LogP contribution is 2.08. The van der Waals surface area contributed by atoms with E-state index in [1.54, 1.807) is 12.2 Å². The third kappa shape index (κ3) is 9.52.